The highest BCUT2D eigenvalue weighted by atomic mass is 79.9. The maximum atomic E-state index is 5.75. The molecule has 3 heteroatoms. The molecule has 1 nitrogen and oxygen atoms in total. The second-order valence-corrected chi connectivity index (χ2v) is 4.73. The first-order valence-electron chi connectivity index (χ1n) is 4.87. The number of rotatable bonds is 3. The Labute approximate surface area is 112 Å². The van der Waals surface area contributed by atoms with E-state index in [-0.39, 0.29) is 0 Å². The Morgan fingerprint density at radius 1 is 0.938 bits per heavy atom. The summed E-state index contributed by atoms with van der Waals surface area (Å²) in [6.07, 6.45) is 0. The summed E-state index contributed by atoms with van der Waals surface area (Å²) in [6, 6.07) is 15.8. The number of alkyl halides is 1. The minimum atomic E-state index is 0.828. The van der Waals surface area contributed by atoms with Crippen LogP contribution in [-0.4, -0.2) is 0 Å². The average molecular weight is 342 g/mol. The van der Waals surface area contributed by atoms with Gasteiger partial charge >= 0.3 is 0 Å². The third-order valence-electron chi connectivity index (χ3n) is 2.14. The first-order chi connectivity index (χ1) is 7.79. The third kappa shape index (κ3) is 2.86. The molecule has 16 heavy (non-hydrogen) atoms. The minimum Gasteiger partial charge on any atom is -0.456 e. The first kappa shape index (κ1) is 11.7. The summed E-state index contributed by atoms with van der Waals surface area (Å²) in [5.41, 5.74) is 1.24. The Morgan fingerprint density at radius 2 is 1.62 bits per heavy atom. The van der Waals surface area contributed by atoms with Crippen LogP contribution in [0, 0.1) is 0 Å². The van der Waals surface area contributed by atoms with Gasteiger partial charge in [0.25, 0.3) is 0 Å². The maximum absolute atomic E-state index is 5.75. The van der Waals surface area contributed by atoms with Crippen molar-refractivity contribution in [1.29, 1.82) is 0 Å². The molecule has 0 heterocycles. The molecule has 0 aromatic heterocycles. The quantitative estimate of drug-likeness (QED) is 0.702. The predicted octanol–water partition coefficient (Wildman–Crippen LogP) is 5.14. The van der Waals surface area contributed by atoms with Gasteiger partial charge < -0.3 is 4.74 Å². The smallest absolute Gasteiger partial charge is 0.141 e. The van der Waals surface area contributed by atoms with Gasteiger partial charge in [0.15, 0.2) is 0 Å². The number of hydrogen-bond donors (Lipinski definition) is 0. The van der Waals surface area contributed by atoms with E-state index in [1.165, 1.54) is 5.56 Å². The molecule has 0 radical (unpaired) electrons. The lowest BCUT2D eigenvalue weighted by Gasteiger charge is -2.07. The van der Waals surface area contributed by atoms with Crippen molar-refractivity contribution in [2.45, 2.75) is 5.33 Å². The molecule has 2 aromatic rings. The van der Waals surface area contributed by atoms with E-state index in [1.54, 1.807) is 0 Å². The van der Waals surface area contributed by atoms with E-state index in [2.05, 4.69) is 31.9 Å². The minimum absolute atomic E-state index is 0.828. The molecule has 2 rings (SSSR count). The van der Waals surface area contributed by atoms with E-state index in [1.807, 2.05) is 48.5 Å². The van der Waals surface area contributed by atoms with Crippen LogP contribution >= 0.6 is 31.9 Å². The zero-order valence-corrected chi connectivity index (χ0v) is 11.7. The van der Waals surface area contributed by atoms with E-state index in [9.17, 15) is 0 Å². The van der Waals surface area contributed by atoms with Crippen molar-refractivity contribution in [2.24, 2.45) is 0 Å². The Morgan fingerprint density at radius 3 is 2.25 bits per heavy atom. The predicted molar refractivity (Wildman–Crippen MR) is 73.3 cm³/mol. The topological polar surface area (TPSA) is 9.23 Å². The van der Waals surface area contributed by atoms with Crippen LogP contribution in [0.25, 0.3) is 0 Å². The van der Waals surface area contributed by atoms with E-state index >= 15 is 0 Å². The fraction of sp³-hybridized carbons (Fsp3) is 0.0769. The monoisotopic (exact) mass is 340 g/mol. The van der Waals surface area contributed by atoms with Crippen molar-refractivity contribution in [3.05, 3.63) is 58.6 Å². The fourth-order valence-electron chi connectivity index (χ4n) is 1.30. The van der Waals surface area contributed by atoms with Crippen LogP contribution in [0.15, 0.2) is 53.0 Å². The number of hydrogen-bond acceptors (Lipinski definition) is 1. The summed E-state index contributed by atoms with van der Waals surface area (Å²) in [7, 11) is 0. The standard InChI is InChI=1S/C13H10Br2O/c14-9-10-5-7-11(8-6-10)16-13-4-2-1-3-12(13)15/h1-8H,9H2. The van der Waals surface area contributed by atoms with Crippen LogP contribution in [0.4, 0.5) is 0 Å². The van der Waals surface area contributed by atoms with Crippen LogP contribution in [0.2, 0.25) is 0 Å². The van der Waals surface area contributed by atoms with Gasteiger partial charge in [0, 0.05) is 5.33 Å². The third-order valence-corrected chi connectivity index (χ3v) is 3.44. The zero-order chi connectivity index (χ0) is 11.4. The highest BCUT2D eigenvalue weighted by Gasteiger charge is 2.01. The normalized spacial score (nSPS) is 10.1. The van der Waals surface area contributed by atoms with Crippen molar-refractivity contribution >= 4 is 31.9 Å². The number of ether oxygens (including phenoxy) is 1. The van der Waals surface area contributed by atoms with E-state index in [4.69, 9.17) is 4.74 Å². The Bertz CT molecular complexity index is 466. The molecule has 0 amide bonds. The summed E-state index contributed by atoms with van der Waals surface area (Å²) >= 11 is 6.86. The van der Waals surface area contributed by atoms with Gasteiger partial charge in [-0.3, -0.25) is 0 Å². The highest BCUT2D eigenvalue weighted by Crippen LogP contribution is 2.29. The molecule has 0 saturated carbocycles. The largest absolute Gasteiger partial charge is 0.456 e. The molecule has 0 bridgehead atoms. The van der Waals surface area contributed by atoms with Gasteiger partial charge in [0.2, 0.25) is 0 Å². The van der Waals surface area contributed by atoms with Gasteiger partial charge in [-0.1, -0.05) is 40.2 Å². The number of benzene rings is 2. The summed E-state index contributed by atoms with van der Waals surface area (Å²) in [5, 5.41) is 0.863. The van der Waals surface area contributed by atoms with Crippen molar-refractivity contribution in [2.75, 3.05) is 0 Å². The lowest BCUT2D eigenvalue weighted by molar-refractivity contribution is 0.479. The zero-order valence-electron chi connectivity index (χ0n) is 8.49. The maximum Gasteiger partial charge on any atom is 0.141 e. The molecule has 0 aliphatic carbocycles. The molecule has 0 unspecified atom stereocenters. The van der Waals surface area contributed by atoms with Crippen LogP contribution in [0.5, 0.6) is 11.5 Å². The fourth-order valence-corrected chi connectivity index (χ4v) is 2.04. The van der Waals surface area contributed by atoms with Crippen LogP contribution in [0.3, 0.4) is 0 Å². The highest BCUT2D eigenvalue weighted by molar-refractivity contribution is 9.10. The molecule has 0 atom stereocenters. The van der Waals surface area contributed by atoms with E-state index in [0.717, 1.165) is 21.3 Å². The van der Waals surface area contributed by atoms with Crippen molar-refractivity contribution in [1.82, 2.24) is 0 Å². The second kappa shape index (κ2) is 5.51. The van der Waals surface area contributed by atoms with Crippen molar-refractivity contribution in [3.63, 3.8) is 0 Å². The molecular weight excluding hydrogens is 332 g/mol. The molecular formula is C13H10Br2O. The lowest BCUT2D eigenvalue weighted by atomic mass is 10.2. The van der Waals surface area contributed by atoms with Gasteiger partial charge in [0.1, 0.15) is 11.5 Å². The summed E-state index contributed by atoms with van der Waals surface area (Å²) in [4.78, 5) is 0. The molecule has 0 fully saturated rings. The SMILES string of the molecule is BrCc1ccc(Oc2ccccc2Br)cc1. The van der Waals surface area contributed by atoms with Gasteiger partial charge in [-0.2, -0.15) is 0 Å². The number of halogens is 2. The van der Waals surface area contributed by atoms with Gasteiger partial charge in [-0.15, -0.1) is 0 Å². The van der Waals surface area contributed by atoms with Crippen LogP contribution < -0.4 is 4.74 Å². The Kier molecular flexibility index (Phi) is 4.02. The Balaban J connectivity index is 2.18. The molecule has 0 aliphatic heterocycles. The summed E-state index contributed by atoms with van der Waals surface area (Å²) < 4.78 is 6.70. The first-order valence-corrected chi connectivity index (χ1v) is 6.78. The van der Waals surface area contributed by atoms with Gasteiger partial charge in [-0.25, -0.2) is 0 Å². The molecule has 82 valence electrons. The molecule has 0 N–H and O–H groups in total. The van der Waals surface area contributed by atoms with Crippen LogP contribution in [0.1, 0.15) is 5.56 Å². The van der Waals surface area contributed by atoms with Gasteiger partial charge in [-0.05, 0) is 45.8 Å². The lowest BCUT2D eigenvalue weighted by Crippen LogP contribution is -1.85. The van der Waals surface area contributed by atoms with Crippen molar-refractivity contribution in [3.8, 4) is 11.5 Å². The van der Waals surface area contributed by atoms with E-state index in [0.29, 0.717) is 0 Å². The molecule has 2 aromatic carbocycles. The van der Waals surface area contributed by atoms with Gasteiger partial charge in [0.05, 0.1) is 4.47 Å². The molecule has 0 saturated heterocycles. The average Bonchev–Trinajstić information content (AvgIpc) is 2.33. The second-order valence-electron chi connectivity index (χ2n) is 3.31. The summed E-state index contributed by atoms with van der Waals surface area (Å²) in [5.74, 6) is 1.67. The summed E-state index contributed by atoms with van der Waals surface area (Å²) in [6.45, 7) is 0. The Hall–Kier alpha value is -0.800. The van der Waals surface area contributed by atoms with Crippen LogP contribution in [-0.2, 0) is 5.33 Å². The van der Waals surface area contributed by atoms with E-state index < -0.39 is 0 Å². The molecule has 0 spiro atoms. The number of para-hydroxylation sites is 1. The van der Waals surface area contributed by atoms with Crippen molar-refractivity contribution < 1.29 is 4.74 Å². The molecule has 0 aliphatic rings.